The number of nitro benzene ring substituents is 1. The van der Waals surface area contributed by atoms with Crippen molar-refractivity contribution in [3.8, 4) is 12.1 Å². The first-order chi connectivity index (χ1) is 11.0. The van der Waals surface area contributed by atoms with Gasteiger partial charge in [0.25, 0.3) is 5.69 Å². The van der Waals surface area contributed by atoms with Crippen LogP contribution in [0.3, 0.4) is 0 Å². The third-order valence-corrected chi connectivity index (χ3v) is 4.74. The fourth-order valence-corrected chi connectivity index (χ4v) is 3.52. The van der Waals surface area contributed by atoms with Gasteiger partial charge in [-0.25, -0.2) is 0 Å². The van der Waals surface area contributed by atoms with Crippen LogP contribution in [-0.2, 0) is 0 Å². The van der Waals surface area contributed by atoms with Crippen LogP contribution in [0.15, 0.2) is 53.0 Å². The van der Waals surface area contributed by atoms with Gasteiger partial charge in [0.2, 0.25) is 0 Å². The highest BCUT2D eigenvalue weighted by Crippen LogP contribution is 2.69. The second-order valence-electron chi connectivity index (χ2n) is 5.45. The van der Waals surface area contributed by atoms with Crippen LogP contribution in [0.5, 0.6) is 0 Å². The zero-order chi connectivity index (χ0) is 16.6. The molecule has 3 rings (SSSR count). The number of non-ortho nitro benzene ring substituents is 1. The van der Waals surface area contributed by atoms with Gasteiger partial charge in [0.1, 0.15) is 0 Å². The molecule has 1 aliphatic carbocycles. The first kappa shape index (κ1) is 15.2. The summed E-state index contributed by atoms with van der Waals surface area (Å²) in [4.78, 5) is 10.3. The van der Waals surface area contributed by atoms with E-state index >= 15 is 0 Å². The molecule has 1 fully saturated rings. The number of hydrogen-bond donors (Lipinski definition) is 0. The van der Waals surface area contributed by atoms with Gasteiger partial charge in [-0.05, 0) is 23.3 Å². The van der Waals surface area contributed by atoms with Crippen LogP contribution in [0.25, 0.3) is 0 Å². The second kappa shape index (κ2) is 5.49. The molecule has 112 valence electrons. The Kier molecular flexibility index (Phi) is 3.63. The molecule has 0 aliphatic heterocycles. The van der Waals surface area contributed by atoms with Crippen molar-refractivity contribution in [2.24, 2.45) is 5.41 Å². The molecule has 0 unspecified atom stereocenters. The normalized spacial score (nSPS) is 21.0. The van der Waals surface area contributed by atoms with E-state index < -0.39 is 10.3 Å². The van der Waals surface area contributed by atoms with E-state index in [4.69, 9.17) is 0 Å². The predicted octanol–water partition coefficient (Wildman–Crippen LogP) is 4.27. The maximum absolute atomic E-state index is 10.8. The van der Waals surface area contributed by atoms with Crippen LogP contribution in [0.1, 0.15) is 23.0 Å². The van der Waals surface area contributed by atoms with E-state index in [2.05, 4.69) is 28.1 Å². The lowest BCUT2D eigenvalue weighted by atomic mass is 10.0. The molecular formula is C17H10BrN3O2. The lowest BCUT2D eigenvalue weighted by Crippen LogP contribution is -1.97. The van der Waals surface area contributed by atoms with Crippen molar-refractivity contribution in [2.45, 2.75) is 11.8 Å². The predicted molar refractivity (Wildman–Crippen MR) is 86.4 cm³/mol. The summed E-state index contributed by atoms with van der Waals surface area (Å²) >= 11 is 3.40. The largest absolute Gasteiger partial charge is 0.269 e. The zero-order valence-electron chi connectivity index (χ0n) is 11.8. The number of nitro groups is 1. The molecule has 5 nitrogen and oxygen atoms in total. The highest BCUT2D eigenvalue weighted by atomic mass is 79.9. The Balaban J connectivity index is 2.02. The van der Waals surface area contributed by atoms with Crippen molar-refractivity contribution in [1.29, 1.82) is 10.5 Å². The molecule has 0 radical (unpaired) electrons. The maximum Gasteiger partial charge on any atom is 0.269 e. The Hall–Kier alpha value is -2.70. The van der Waals surface area contributed by atoms with Gasteiger partial charge < -0.3 is 0 Å². The van der Waals surface area contributed by atoms with Gasteiger partial charge in [0.05, 0.1) is 17.1 Å². The van der Waals surface area contributed by atoms with Crippen molar-refractivity contribution in [2.75, 3.05) is 0 Å². The first-order valence-electron chi connectivity index (χ1n) is 6.86. The fraction of sp³-hybridized carbons (Fsp3) is 0.176. The van der Waals surface area contributed by atoms with E-state index in [1.165, 1.54) is 12.1 Å². The molecular weight excluding hydrogens is 358 g/mol. The van der Waals surface area contributed by atoms with Gasteiger partial charge in [-0.2, -0.15) is 10.5 Å². The quantitative estimate of drug-likeness (QED) is 0.598. The zero-order valence-corrected chi connectivity index (χ0v) is 13.4. The van der Waals surface area contributed by atoms with Crippen LogP contribution in [-0.4, -0.2) is 4.92 Å². The van der Waals surface area contributed by atoms with Gasteiger partial charge in [-0.3, -0.25) is 10.1 Å². The standard InChI is InChI=1S/C17H10BrN3O2/c18-13-3-1-2-12(8-13)16-15(17(16,9-19)10-20)11-4-6-14(7-5-11)21(22)23/h1-8,15-16H/t15-,16-/m0/s1. The van der Waals surface area contributed by atoms with E-state index in [1.54, 1.807) is 12.1 Å². The van der Waals surface area contributed by atoms with Crippen LogP contribution >= 0.6 is 15.9 Å². The Morgan fingerprint density at radius 2 is 1.65 bits per heavy atom. The first-order valence-corrected chi connectivity index (χ1v) is 7.65. The molecule has 0 N–H and O–H groups in total. The molecule has 1 saturated carbocycles. The van der Waals surface area contributed by atoms with Crippen molar-refractivity contribution in [3.63, 3.8) is 0 Å². The highest BCUT2D eigenvalue weighted by molar-refractivity contribution is 9.10. The molecule has 0 amide bonds. The SMILES string of the molecule is N#CC1(C#N)[C@@H](c2ccc([N+](=O)[O-])cc2)[C@@H]1c1cccc(Br)c1. The topological polar surface area (TPSA) is 90.7 Å². The molecule has 0 saturated heterocycles. The van der Waals surface area contributed by atoms with Gasteiger partial charge in [-0.15, -0.1) is 0 Å². The third-order valence-electron chi connectivity index (χ3n) is 4.25. The second-order valence-corrected chi connectivity index (χ2v) is 6.37. The number of nitrogens with zero attached hydrogens (tertiary/aromatic N) is 3. The summed E-state index contributed by atoms with van der Waals surface area (Å²) in [5, 5.41) is 29.8. The van der Waals surface area contributed by atoms with Crippen LogP contribution in [0, 0.1) is 38.2 Å². The van der Waals surface area contributed by atoms with E-state index in [0.717, 1.165) is 15.6 Å². The molecule has 0 bridgehead atoms. The number of nitriles is 2. The Bertz CT molecular complexity index is 851. The average molecular weight is 368 g/mol. The van der Waals surface area contributed by atoms with Crippen molar-refractivity contribution >= 4 is 21.6 Å². The fourth-order valence-electron chi connectivity index (χ4n) is 3.11. The van der Waals surface area contributed by atoms with Crippen LogP contribution in [0.4, 0.5) is 5.69 Å². The van der Waals surface area contributed by atoms with Crippen molar-refractivity contribution in [1.82, 2.24) is 0 Å². The molecule has 1 aliphatic rings. The molecule has 2 aromatic rings. The molecule has 6 heteroatoms. The van der Waals surface area contributed by atoms with Crippen molar-refractivity contribution in [3.05, 3.63) is 74.2 Å². The Morgan fingerprint density at radius 1 is 1.04 bits per heavy atom. The Labute approximate surface area is 141 Å². The molecule has 2 atom stereocenters. The summed E-state index contributed by atoms with van der Waals surface area (Å²) in [6.45, 7) is 0. The van der Waals surface area contributed by atoms with Gasteiger partial charge in [0, 0.05) is 28.4 Å². The van der Waals surface area contributed by atoms with Gasteiger partial charge in [0.15, 0.2) is 5.41 Å². The van der Waals surface area contributed by atoms with E-state index in [-0.39, 0.29) is 17.5 Å². The van der Waals surface area contributed by atoms with E-state index in [9.17, 15) is 20.6 Å². The van der Waals surface area contributed by atoms with E-state index in [1.807, 2.05) is 24.3 Å². The molecule has 0 spiro atoms. The number of rotatable bonds is 3. The summed E-state index contributed by atoms with van der Waals surface area (Å²) in [5.74, 6) is -0.524. The highest BCUT2D eigenvalue weighted by Gasteiger charge is 2.67. The van der Waals surface area contributed by atoms with Crippen molar-refractivity contribution < 1.29 is 4.92 Å². The summed E-state index contributed by atoms with van der Waals surface area (Å²) in [7, 11) is 0. The minimum atomic E-state index is -1.13. The molecule has 0 heterocycles. The molecule has 23 heavy (non-hydrogen) atoms. The number of benzene rings is 2. The van der Waals surface area contributed by atoms with Gasteiger partial charge >= 0.3 is 0 Å². The monoisotopic (exact) mass is 367 g/mol. The van der Waals surface area contributed by atoms with Crippen LogP contribution < -0.4 is 0 Å². The minimum absolute atomic E-state index is 0.00655. The smallest absolute Gasteiger partial charge is 0.258 e. The summed E-state index contributed by atoms with van der Waals surface area (Å²) in [6, 6.07) is 17.9. The van der Waals surface area contributed by atoms with E-state index in [0.29, 0.717) is 0 Å². The van der Waals surface area contributed by atoms with Crippen LogP contribution in [0.2, 0.25) is 0 Å². The lowest BCUT2D eigenvalue weighted by molar-refractivity contribution is -0.384. The molecule has 2 aromatic carbocycles. The summed E-state index contributed by atoms with van der Waals surface area (Å²) < 4.78 is 0.883. The summed E-state index contributed by atoms with van der Waals surface area (Å²) in [6.07, 6.45) is 0. The summed E-state index contributed by atoms with van der Waals surface area (Å²) in [5.41, 5.74) is 0.541. The average Bonchev–Trinajstić information content (AvgIpc) is 3.24. The third kappa shape index (κ3) is 2.38. The number of hydrogen-bond acceptors (Lipinski definition) is 4. The Morgan fingerprint density at radius 3 is 2.17 bits per heavy atom. The molecule has 0 aromatic heterocycles. The van der Waals surface area contributed by atoms with Gasteiger partial charge in [-0.1, -0.05) is 40.2 Å². The maximum atomic E-state index is 10.8. The number of halogens is 1. The lowest BCUT2D eigenvalue weighted by Gasteiger charge is -2.01. The minimum Gasteiger partial charge on any atom is -0.258 e.